The van der Waals surface area contributed by atoms with Crippen molar-refractivity contribution in [3.63, 3.8) is 0 Å². The minimum absolute atomic E-state index is 0. The molecular weight excluding hydrogens is 587 g/mol. The van der Waals surface area contributed by atoms with Gasteiger partial charge in [-0.3, -0.25) is 15.0 Å². The van der Waals surface area contributed by atoms with Gasteiger partial charge in [0.2, 0.25) is 5.62 Å². The van der Waals surface area contributed by atoms with Crippen molar-refractivity contribution in [2.75, 3.05) is 6.54 Å². The van der Waals surface area contributed by atoms with Crippen LogP contribution in [0.1, 0.15) is 33.6 Å². The Morgan fingerprint density at radius 2 is 1.42 bits per heavy atom. The predicted molar refractivity (Wildman–Crippen MR) is 150 cm³/mol. The van der Waals surface area contributed by atoms with Crippen LogP contribution in [0.15, 0.2) is 66.7 Å². The molecule has 10 heteroatoms. The number of Topliss-reactive ketones (excluding diaryl/α,β-unsaturated/α-hetero) is 1. The number of aryl methyl sites for hydroxylation is 1. The molecule has 1 heterocycles. The molecule has 0 atom stereocenters. The van der Waals surface area contributed by atoms with E-state index in [4.69, 9.17) is 40.2 Å². The van der Waals surface area contributed by atoms with Crippen LogP contribution < -0.4 is 10.9 Å². The Labute approximate surface area is 234 Å². The van der Waals surface area contributed by atoms with E-state index in [1.807, 2.05) is 16.7 Å². The van der Waals surface area contributed by atoms with Crippen LogP contribution in [-0.4, -0.2) is 27.4 Å². The van der Waals surface area contributed by atoms with Crippen molar-refractivity contribution >= 4 is 74.5 Å². The molecule has 0 aliphatic heterocycles. The summed E-state index contributed by atoms with van der Waals surface area (Å²) < 4.78 is 3.48. The molecule has 188 valence electrons. The van der Waals surface area contributed by atoms with Crippen molar-refractivity contribution in [2.24, 2.45) is 0 Å². The van der Waals surface area contributed by atoms with Gasteiger partial charge in [0.05, 0.1) is 22.6 Å². The highest BCUT2D eigenvalue weighted by Gasteiger charge is 2.16. The van der Waals surface area contributed by atoms with E-state index in [-0.39, 0.29) is 40.8 Å². The molecule has 0 bridgehead atoms. The summed E-state index contributed by atoms with van der Waals surface area (Å²) in [6, 6.07) is 18.9. The second-order valence-corrected chi connectivity index (χ2v) is 9.35. The first kappa shape index (κ1) is 28.0. The summed E-state index contributed by atoms with van der Waals surface area (Å²) in [5.41, 5.74) is 2.72. The molecule has 6 nitrogen and oxygen atoms in total. The van der Waals surface area contributed by atoms with Crippen LogP contribution in [0.3, 0.4) is 0 Å². The molecule has 0 unspecified atom stereocenters. The zero-order valence-corrected chi connectivity index (χ0v) is 23.1. The smallest absolute Gasteiger partial charge is 0.251 e. The van der Waals surface area contributed by atoms with E-state index in [0.717, 1.165) is 5.52 Å². The second-order valence-electron chi connectivity index (χ2n) is 8.07. The van der Waals surface area contributed by atoms with Gasteiger partial charge in [0.25, 0.3) is 5.91 Å². The second kappa shape index (κ2) is 12.6. The van der Waals surface area contributed by atoms with Crippen molar-refractivity contribution in [2.45, 2.75) is 25.9 Å². The SMILES string of the molecule is Br.N=c1n(CC(=O)c2ccc(Cl)cc2)c2cccc(Cl)c2n1CCCCNC(=O)c1ccc(Cl)cc1. The zero-order valence-electron chi connectivity index (χ0n) is 19.1. The Bertz CT molecular complexity index is 1430. The van der Waals surface area contributed by atoms with Crippen LogP contribution >= 0.6 is 51.8 Å². The summed E-state index contributed by atoms with van der Waals surface area (Å²) in [4.78, 5) is 25.1. The van der Waals surface area contributed by atoms with Crippen LogP contribution in [-0.2, 0) is 13.1 Å². The number of rotatable bonds is 9. The third-order valence-corrected chi connectivity index (χ3v) is 6.51. The quantitative estimate of drug-likeness (QED) is 0.166. The summed E-state index contributed by atoms with van der Waals surface area (Å²) in [6.07, 6.45) is 1.43. The molecule has 0 saturated carbocycles. The summed E-state index contributed by atoms with van der Waals surface area (Å²) in [5.74, 6) is -0.278. The lowest BCUT2D eigenvalue weighted by molar-refractivity contribution is 0.0950. The first-order valence-electron chi connectivity index (χ1n) is 11.1. The third-order valence-electron chi connectivity index (χ3n) is 5.71. The molecule has 0 fully saturated rings. The van der Waals surface area contributed by atoms with Gasteiger partial charge in [-0.05, 0) is 73.5 Å². The number of fused-ring (bicyclic) bond motifs is 1. The molecule has 0 radical (unpaired) electrons. The fraction of sp³-hybridized carbons (Fsp3) is 0.192. The number of nitrogens with zero attached hydrogens (tertiary/aromatic N) is 2. The molecule has 0 aliphatic carbocycles. The molecule has 4 rings (SSSR count). The van der Waals surface area contributed by atoms with Crippen molar-refractivity contribution in [3.8, 4) is 0 Å². The Balaban J connectivity index is 0.00000361. The maximum atomic E-state index is 12.9. The van der Waals surface area contributed by atoms with E-state index < -0.39 is 0 Å². The van der Waals surface area contributed by atoms with Gasteiger partial charge in [0, 0.05) is 34.3 Å². The van der Waals surface area contributed by atoms with Gasteiger partial charge in [0.15, 0.2) is 5.78 Å². The number of carbonyl (C=O) groups excluding carboxylic acids is 2. The van der Waals surface area contributed by atoms with E-state index in [2.05, 4.69) is 5.32 Å². The van der Waals surface area contributed by atoms with Gasteiger partial charge >= 0.3 is 0 Å². The molecule has 0 aliphatic rings. The topological polar surface area (TPSA) is 79.9 Å². The lowest BCUT2D eigenvalue weighted by Gasteiger charge is -2.07. The lowest BCUT2D eigenvalue weighted by atomic mass is 10.1. The molecule has 4 aromatic rings. The number of carbonyl (C=O) groups is 2. The number of hydrogen-bond acceptors (Lipinski definition) is 3. The summed E-state index contributed by atoms with van der Waals surface area (Å²) in [7, 11) is 0. The number of halogens is 4. The van der Waals surface area contributed by atoms with Crippen LogP contribution in [0, 0.1) is 5.41 Å². The average molecular weight is 611 g/mol. The number of hydrogen-bond donors (Lipinski definition) is 2. The van der Waals surface area contributed by atoms with Crippen molar-refractivity contribution < 1.29 is 9.59 Å². The molecule has 3 aromatic carbocycles. The molecular formula is C26H24BrCl3N4O2. The minimum Gasteiger partial charge on any atom is -0.352 e. The van der Waals surface area contributed by atoms with Crippen LogP contribution in [0.4, 0.5) is 0 Å². The Kier molecular flexibility index (Phi) is 9.79. The largest absolute Gasteiger partial charge is 0.352 e. The van der Waals surface area contributed by atoms with Crippen LogP contribution in [0.2, 0.25) is 15.1 Å². The standard InChI is InChI=1S/C26H23Cl3N4O2.BrH/c27-19-10-6-17(7-11-19)23(34)16-33-22-5-3-4-21(29)24(22)32(26(33)30)15-2-1-14-31-25(35)18-8-12-20(28)13-9-18;/h3-13,30H,1-2,14-16H2,(H,31,35);1H. The highest BCUT2D eigenvalue weighted by Crippen LogP contribution is 2.23. The van der Waals surface area contributed by atoms with Gasteiger partial charge in [-0.2, -0.15) is 0 Å². The van der Waals surface area contributed by atoms with E-state index in [9.17, 15) is 9.59 Å². The van der Waals surface area contributed by atoms with Gasteiger partial charge in [0.1, 0.15) is 0 Å². The number of imidazole rings is 1. The number of unbranched alkanes of at least 4 members (excludes halogenated alkanes) is 1. The van der Waals surface area contributed by atoms with Crippen molar-refractivity contribution in [1.29, 1.82) is 5.41 Å². The Morgan fingerprint density at radius 3 is 2.06 bits per heavy atom. The number of benzene rings is 3. The fourth-order valence-electron chi connectivity index (χ4n) is 3.90. The summed E-state index contributed by atoms with van der Waals surface area (Å²) >= 11 is 18.3. The van der Waals surface area contributed by atoms with Gasteiger partial charge in [-0.25, -0.2) is 0 Å². The zero-order chi connectivity index (χ0) is 24.9. The van der Waals surface area contributed by atoms with Gasteiger partial charge in [-0.15, -0.1) is 17.0 Å². The fourth-order valence-corrected chi connectivity index (χ4v) is 4.43. The predicted octanol–water partition coefficient (Wildman–Crippen LogP) is 6.55. The first-order valence-corrected chi connectivity index (χ1v) is 12.2. The first-order chi connectivity index (χ1) is 16.8. The highest BCUT2D eigenvalue weighted by atomic mass is 79.9. The molecule has 0 spiro atoms. The van der Waals surface area contributed by atoms with Gasteiger partial charge in [-0.1, -0.05) is 40.9 Å². The van der Waals surface area contributed by atoms with Crippen LogP contribution in [0.5, 0.6) is 0 Å². The number of aromatic nitrogens is 2. The average Bonchev–Trinajstić information content (AvgIpc) is 3.11. The van der Waals surface area contributed by atoms with Gasteiger partial charge < -0.3 is 14.5 Å². The summed E-state index contributed by atoms with van der Waals surface area (Å²) in [6.45, 7) is 1.04. The monoisotopic (exact) mass is 608 g/mol. The summed E-state index contributed by atoms with van der Waals surface area (Å²) in [5, 5.41) is 13.3. The molecule has 36 heavy (non-hydrogen) atoms. The number of ketones is 1. The molecule has 0 saturated heterocycles. The van der Waals surface area contributed by atoms with E-state index >= 15 is 0 Å². The number of para-hydroxylation sites is 1. The van der Waals surface area contributed by atoms with Crippen LogP contribution in [0.25, 0.3) is 11.0 Å². The molecule has 1 amide bonds. The Hall–Kier alpha value is -2.58. The normalized spacial score (nSPS) is 10.8. The lowest BCUT2D eigenvalue weighted by Crippen LogP contribution is -2.28. The highest BCUT2D eigenvalue weighted by molar-refractivity contribution is 8.93. The van der Waals surface area contributed by atoms with Crippen molar-refractivity contribution in [3.05, 3.63) is 98.5 Å². The molecule has 2 N–H and O–H groups in total. The van der Waals surface area contributed by atoms with Crippen molar-refractivity contribution in [1.82, 2.24) is 14.5 Å². The number of nitrogens with one attached hydrogen (secondary N) is 2. The third kappa shape index (κ3) is 6.40. The molecule has 1 aromatic heterocycles. The van der Waals surface area contributed by atoms with E-state index in [1.54, 1.807) is 59.2 Å². The van der Waals surface area contributed by atoms with E-state index in [0.29, 0.717) is 57.6 Å². The maximum absolute atomic E-state index is 12.9. The Morgan fingerprint density at radius 1 is 0.806 bits per heavy atom. The number of amides is 1. The maximum Gasteiger partial charge on any atom is 0.251 e. The minimum atomic E-state index is -0.157. The van der Waals surface area contributed by atoms with E-state index in [1.165, 1.54) is 0 Å².